The first-order valence-electron chi connectivity index (χ1n) is 10.0. The Morgan fingerprint density at radius 2 is 1.64 bits per heavy atom. The number of para-hydroxylation sites is 1. The van der Waals surface area contributed by atoms with Gasteiger partial charge in [-0.25, -0.2) is 0 Å². The molecule has 2 aromatic carbocycles. The van der Waals surface area contributed by atoms with E-state index in [1.807, 2.05) is 44.2 Å². The molecule has 1 aliphatic heterocycles. The lowest BCUT2D eigenvalue weighted by Gasteiger charge is -2.15. The van der Waals surface area contributed by atoms with Crippen LogP contribution in [0.5, 0.6) is 0 Å². The third-order valence-electron chi connectivity index (χ3n) is 4.91. The zero-order chi connectivity index (χ0) is 19.9. The van der Waals surface area contributed by atoms with Gasteiger partial charge in [0.25, 0.3) is 11.8 Å². The van der Waals surface area contributed by atoms with Crippen LogP contribution in [0.1, 0.15) is 53.0 Å². The van der Waals surface area contributed by atoms with Crippen LogP contribution >= 0.6 is 0 Å². The number of carbonyl (C=O) groups is 2. The summed E-state index contributed by atoms with van der Waals surface area (Å²) in [6.45, 7) is 7.92. The van der Waals surface area contributed by atoms with Crippen LogP contribution in [0.25, 0.3) is 0 Å². The summed E-state index contributed by atoms with van der Waals surface area (Å²) in [5, 5.41) is 5.78. The smallest absolute Gasteiger partial charge is 0.255 e. The van der Waals surface area contributed by atoms with Gasteiger partial charge in [-0.1, -0.05) is 38.1 Å². The van der Waals surface area contributed by atoms with Crippen molar-refractivity contribution in [3.05, 3.63) is 65.2 Å². The van der Waals surface area contributed by atoms with E-state index >= 15 is 0 Å². The van der Waals surface area contributed by atoms with Gasteiger partial charge in [-0.2, -0.15) is 0 Å². The fourth-order valence-corrected chi connectivity index (χ4v) is 3.34. The van der Waals surface area contributed by atoms with E-state index in [0.717, 1.165) is 19.6 Å². The van der Waals surface area contributed by atoms with Crippen LogP contribution in [-0.4, -0.2) is 36.3 Å². The Bertz CT molecular complexity index is 809. The second-order valence-electron chi connectivity index (χ2n) is 7.78. The highest BCUT2D eigenvalue weighted by Gasteiger charge is 2.15. The molecule has 28 heavy (non-hydrogen) atoms. The molecule has 5 nitrogen and oxygen atoms in total. The van der Waals surface area contributed by atoms with Crippen molar-refractivity contribution >= 4 is 17.5 Å². The van der Waals surface area contributed by atoms with Gasteiger partial charge in [0.15, 0.2) is 0 Å². The minimum atomic E-state index is -0.211. The van der Waals surface area contributed by atoms with Crippen molar-refractivity contribution in [2.45, 2.75) is 33.2 Å². The first-order valence-corrected chi connectivity index (χ1v) is 10.0. The van der Waals surface area contributed by atoms with E-state index in [1.165, 1.54) is 18.4 Å². The summed E-state index contributed by atoms with van der Waals surface area (Å²) in [5.74, 6) is -0.0211. The van der Waals surface area contributed by atoms with Crippen LogP contribution < -0.4 is 10.6 Å². The van der Waals surface area contributed by atoms with Gasteiger partial charge in [-0.15, -0.1) is 0 Å². The van der Waals surface area contributed by atoms with Crippen molar-refractivity contribution in [3.63, 3.8) is 0 Å². The Morgan fingerprint density at radius 3 is 2.32 bits per heavy atom. The zero-order valence-electron chi connectivity index (χ0n) is 16.7. The molecule has 1 heterocycles. The maximum Gasteiger partial charge on any atom is 0.255 e. The van der Waals surface area contributed by atoms with Crippen molar-refractivity contribution in [2.24, 2.45) is 5.92 Å². The van der Waals surface area contributed by atoms with Crippen molar-refractivity contribution in [1.29, 1.82) is 0 Å². The molecule has 2 N–H and O–H groups in total. The second kappa shape index (κ2) is 9.51. The average molecular weight is 380 g/mol. The molecule has 0 atom stereocenters. The summed E-state index contributed by atoms with van der Waals surface area (Å²) in [6.07, 6.45) is 2.54. The Kier molecular flexibility index (Phi) is 6.82. The summed E-state index contributed by atoms with van der Waals surface area (Å²) < 4.78 is 0. The number of amides is 2. The number of hydrogen-bond acceptors (Lipinski definition) is 3. The van der Waals surface area contributed by atoms with E-state index in [1.54, 1.807) is 18.2 Å². The highest BCUT2D eigenvalue weighted by atomic mass is 16.2. The van der Waals surface area contributed by atoms with Gasteiger partial charge in [-0.05, 0) is 61.7 Å². The Morgan fingerprint density at radius 1 is 0.964 bits per heavy atom. The van der Waals surface area contributed by atoms with Crippen LogP contribution in [0.4, 0.5) is 5.69 Å². The van der Waals surface area contributed by atoms with Crippen LogP contribution in [0.3, 0.4) is 0 Å². The number of carbonyl (C=O) groups excluding carboxylic acids is 2. The van der Waals surface area contributed by atoms with E-state index in [9.17, 15) is 9.59 Å². The molecule has 0 aliphatic carbocycles. The number of rotatable bonds is 7. The average Bonchev–Trinajstić information content (AvgIpc) is 3.20. The van der Waals surface area contributed by atoms with Crippen molar-refractivity contribution < 1.29 is 9.59 Å². The summed E-state index contributed by atoms with van der Waals surface area (Å²) >= 11 is 0. The fourth-order valence-electron chi connectivity index (χ4n) is 3.34. The summed E-state index contributed by atoms with van der Waals surface area (Å²) in [4.78, 5) is 27.5. The Labute approximate surface area is 167 Å². The van der Waals surface area contributed by atoms with E-state index in [4.69, 9.17) is 0 Å². The SMILES string of the molecule is CC(C)CNC(=O)c1ccccc1NC(=O)c1ccc(CN2CCCC2)cc1. The second-order valence-corrected chi connectivity index (χ2v) is 7.78. The molecule has 0 spiro atoms. The fraction of sp³-hybridized carbons (Fsp3) is 0.391. The Hall–Kier alpha value is -2.66. The number of likely N-dealkylation sites (tertiary alicyclic amines) is 1. The molecule has 0 radical (unpaired) electrons. The molecule has 1 aliphatic rings. The third kappa shape index (κ3) is 5.42. The van der Waals surface area contributed by atoms with Gasteiger partial charge in [-0.3, -0.25) is 14.5 Å². The highest BCUT2D eigenvalue weighted by Crippen LogP contribution is 2.18. The molecule has 2 amide bonds. The topological polar surface area (TPSA) is 61.4 Å². The van der Waals surface area contributed by atoms with Crippen LogP contribution in [-0.2, 0) is 6.54 Å². The zero-order valence-corrected chi connectivity index (χ0v) is 16.7. The molecule has 5 heteroatoms. The van der Waals surface area contributed by atoms with Crippen LogP contribution in [0, 0.1) is 5.92 Å². The molecule has 1 saturated heterocycles. The van der Waals surface area contributed by atoms with Crippen molar-refractivity contribution in [1.82, 2.24) is 10.2 Å². The maximum atomic E-state index is 12.7. The molecule has 0 saturated carbocycles. The van der Waals surface area contributed by atoms with Crippen LogP contribution in [0.15, 0.2) is 48.5 Å². The minimum absolute atomic E-state index is 0.175. The molecule has 0 unspecified atom stereocenters. The minimum Gasteiger partial charge on any atom is -0.352 e. The van der Waals surface area contributed by atoms with E-state index < -0.39 is 0 Å². The first-order chi connectivity index (χ1) is 13.5. The van der Waals surface area contributed by atoms with E-state index in [-0.39, 0.29) is 11.8 Å². The van der Waals surface area contributed by atoms with Gasteiger partial charge >= 0.3 is 0 Å². The molecular formula is C23H29N3O2. The first kappa shape index (κ1) is 20.1. The molecule has 148 valence electrons. The molecule has 0 aromatic heterocycles. The monoisotopic (exact) mass is 379 g/mol. The van der Waals surface area contributed by atoms with Gasteiger partial charge in [0.1, 0.15) is 0 Å². The lowest BCUT2D eigenvalue weighted by Crippen LogP contribution is -2.28. The van der Waals surface area contributed by atoms with Crippen LogP contribution in [0.2, 0.25) is 0 Å². The number of nitrogens with one attached hydrogen (secondary N) is 2. The predicted octanol–water partition coefficient (Wildman–Crippen LogP) is 3.92. The quantitative estimate of drug-likeness (QED) is 0.766. The lowest BCUT2D eigenvalue weighted by molar-refractivity contribution is 0.0950. The molecule has 1 fully saturated rings. The number of anilines is 1. The number of benzene rings is 2. The van der Waals surface area contributed by atoms with E-state index in [0.29, 0.717) is 29.3 Å². The lowest BCUT2D eigenvalue weighted by atomic mass is 10.1. The van der Waals surface area contributed by atoms with Crippen molar-refractivity contribution in [2.75, 3.05) is 25.0 Å². The molecule has 3 rings (SSSR count). The summed E-state index contributed by atoms with van der Waals surface area (Å²) in [6, 6.07) is 14.8. The standard InChI is InChI=1S/C23H29N3O2/c1-17(2)15-24-23(28)20-7-3-4-8-21(20)25-22(27)19-11-9-18(10-12-19)16-26-13-5-6-14-26/h3-4,7-12,17H,5-6,13-16H2,1-2H3,(H,24,28)(H,25,27). The number of nitrogens with zero attached hydrogens (tertiary/aromatic N) is 1. The van der Waals surface area contributed by atoms with E-state index in [2.05, 4.69) is 15.5 Å². The predicted molar refractivity (Wildman–Crippen MR) is 113 cm³/mol. The number of hydrogen-bond donors (Lipinski definition) is 2. The third-order valence-corrected chi connectivity index (χ3v) is 4.91. The van der Waals surface area contributed by atoms with Gasteiger partial charge in [0.05, 0.1) is 11.3 Å². The molecule has 0 bridgehead atoms. The highest BCUT2D eigenvalue weighted by molar-refractivity contribution is 6.09. The van der Waals surface area contributed by atoms with Gasteiger partial charge < -0.3 is 10.6 Å². The summed E-state index contributed by atoms with van der Waals surface area (Å²) in [7, 11) is 0. The Balaban J connectivity index is 1.65. The molecular weight excluding hydrogens is 350 g/mol. The van der Waals surface area contributed by atoms with Gasteiger partial charge in [0.2, 0.25) is 0 Å². The normalized spacial score (nSPS) is 14.2. The maximum absolute atomic E-state index is 12.7. The summed E-state index contributed by atoms with van der Waals surface area (Å²) in [5.41, 5.74) is 2.80. The largest absolute Gasteiger partial charge is 0.352 e. The molecule has 2 aromatic rings. The van der Waals surface area contributed by atoms with Crippen molar-refractivity contribution in [3.8, 4) is 0 Å². The van der Waals surface area contributed by atoms with Gasteiger partial charge in [0, 0.05) is 18.7 Å².